The van der Waals surface area contributed by atoms with Gasteiger partial charge in [-0.15, -0.1) is 0 Å². The Kier molecular flexibility index (Phi) is 4.98. The molecule has 1 heterocycles. The number of nitrogen functional groups attached to an aromatic ring is 1. The van der Waals surface area contributed by atoms with Crippen LogP contribution in [0.3, 0.4) is 0 Å². The summed E-state index contributed by atoms with van der Waals surface area (Å²) in [5, 5.41) is 17.2. The van der Waals surface area contributed by atoms with E-state index in [1.54, 1.807) is 12.1 Å². The molecule has 1 fully saturated rings. The van der Waals surface area contributed by atoms with Crippen LogP contribution in [0.15, 0.2) is 24.3 Å². The van der Waals surface area contributed by atoms with Crippen LogP contribution in [-0.2, 0) is 0 Å². The Morgan fingerprint density at radius 2 is 2.15 bits per heavy atom. The Balaban J connectivity index is 1.74. The molecule has 0 radical (unpaired) electrons. The summed E-state index contributed by atoms with van der Waals surface area (Å²) in [5.41, 5.74) is 6.10. The Morgan fingerprint density at radius 1 is 1.45 bits per heavy atom. The molecule has 2 unspecified atom stereocenters. The van der Waals surface area contributed by atoms with E-state index < -0.39 is 0 Å². The van der Waals surface area contributed by atoms with Gasteiger partial charge >= 0.3 is 0 Å². The van der Waals surface area contributed by atoms with Gasteiger partial charge in [-0.05, 0) is 43.1 Å². The Bertz CT molecular complexity index is 447. The SMILES string of the molecule is CC1CCN(CCOc2ccc(C(=N)N)cc2)CC1O. The molecular weight excluding hydrogens is 254 g/mol. The van der Waals surface area contributed by atoms with Gasteiger partial charge in [0.25, 0.3) is 0 Å². The van der Waals surface area contributed by atoms with Crippen molar-refractivity contribution < 1.29 is 9.84 Å². The zero-order valence-corrected chi connectivity index (χ0v) is 11.9. The number of piperidine rings is 1. The fourth-order valence-electron chi connectivity index (χ4n) is 2.34. The number of amidine groups is 1. The molecule has 0 amide bonds. The Morgan fingerprint density at radius 3 is 2.75 bits per heavy atom. The van der Waals surface area contributed by atoms with Crippen LogP contribution in [0.25, 0.3) is 0 Å². The van der Waals surface area contributed by atoms with Crippen LogP contribution < -0.4 is 10.5 Å². The van der Waals surface area contributed by atoms with Crippen molar-refractivity contribution in [1.29, 1.82) is 5.41 Å². The highest BCUT2D eigenvalue weighted by molar-refractivity contribution is 5.94. The van der Waals surface area contributed by atoms with Crippen molar-refractivity contribution in [3.63, 3.8) is 0 Å². The lowest BCUT2D eigenvalue weighted by molar-refractivity contribution is 0.0244. The monoisotopic (exact) mass is 277 g/mol. The van der Waals surface area contributed by atoms with Crippen molar-refractivity contribution in [3.8, 4) is 5.75 Å². The first-order chi connectivity index (χ1) is 9.56. The van der Waals surface area contributed by atoms with Crippen LogP contribution in [-0.4, -0.2) is 48.2 Å². The molecule has 0 spiro atoms. The molecule has 5 nitrogen and oxygen atoms in total. The number of β-amino-alcohol motifs (C(OH)–C–C–N with tert-alkyl or cyclic N) is 1. The first-order valence-electron chi connectivity index (χ1n) is 7.04. The molecule has 4 N–H and O–H groups in total. The summed E-state index contributed by atoms with van der Waals surface area (Å²) in [7, 11) is 0. The number of aliphatic hydroxyl groups excluding tert-OH is 1. The van der Waals surface area contributed by atoms with Gasteiger partial charge in [0, 0.05) is 18.7 Å². The van der Waals surface area contributed by atoms with Crippen molar-refractivity contribution in [2.24, 2.45) is 11.7 Å². The van der Waals surface area contributed by atoms with E-state index >= 15 is 0 Å². The van der Waals surface area contributed by atoms with Crippen LogP contribution in [0, 0.1) is 11.3 Å². The molecular formula is C15H23N3O2. The minimum atomic E-state index is -0.224. The van der Waals surface area contributed by atoms with Gasteiger partial charge in [0.2, 0.25) is 0 Å². The lowest BCUT2D eigenvalue weighted by Crippen LogP contribution is -2.44. The number of likely N-dealkylation sites (tertiary alicyclic amines) is 1. The molecule has 20 heavy (non-hydrogen) atoms. The average molecular weight is 277 g/mol. The molecule has 0 saturated carbocycles. The lowest BCUT2D eigenvalue weighted by Gasteiger charge is -2.34. The summed E-state index contributed by atoms with van der Waals surface area (Å²) in [6.07, 6.45) is 0.813. The van der Waals surface area contributed by atoms with Crippen molar-refractivity contribution in [1.82, 2.24) is 4.90 Å². The third-order valence-corrected chi connectivity index (χ3v) is 3.84. The number of nitrogens with one attached hydrogen (secondary N) is 1. The summed E-state index contributed by atoms with van der Waals surface area (Å²) in [6, 6.07) is 7.21. The first kappa shape index (κ1) is 14.8. The Hall–Kier alpha value is -1.59. The second-order valence-corrected chi connectivity index (χ2v) is 5.42. The second kappa shape index (κ2) is 6.72. The van der Waals surface area contributed by atoms with Gasteiger partial charge in [-0.3, -0.25) is 10.3 Å². The number of hydrogen-bond acceptors (Lipinski definition) is 4. The number of aliphatic hydroxyl groups is 1. The van der Waals surface area contributed by atoms with E-state index in [1.165, 1.54) is 0 Å². The molecule has 5 heteroatoms. The van der Waals surface area contributed by atoms with E-state index in [0.717, 1.165) is 31.8 Å². The van der Waals surface area contributed by atoms with Gasteiger partial charge in [0.15, 0.2) is 0 Å². The summed E-state index contributed by atoms with van der Waals surface area (Å²) in [5.74, 6) is 1.24. The van der Waals surface area contributed by atoms with Crippen molar-refractivity contribution >= 4 is 5.84 Å². The maximum absolute atomic E-state index is 9.83. The van der Waals surface area contributed by atoms with Gasteiger partial charge in [-0.25, -0.2) is 0 Å². The van der Waals surface area contributed by atoms with Crippen LogP contribution >= 0.6 is 0 Å². The highest BCUT2D eigenvalue weighted by atomic mass is 16.5. The number of hydrogen-bond donors (Lipinski definition) is 3. The summed E-state index contributed by atoms with van der Waals surface area (Å²) >= 11 is 0. The minimum Gasteiger partial charge on any atom is -0.492 e. The van der Waals surface area contributed by atoms with Gasteiger partial charge in [0.05, 0.1) is 6.10 Å². The fraction of sp³-hybridized carbons (Fsp3) is 0.533. The molecule has 0 aromatic heterocycles. The average Bonchev–Trinajstić information content (AvgIpc) is 2.43. The number of nitrogens with zero attached hydrogens (tertiary/aromatic N) is 1. The number of nitrogens with two attached hydrogens (primary N) is 1. The molecule has 1 aromatic rings. The van der Waals surface area contributed by atoms with Gasteiger partial charge in [-0.1, -0.05) is 6.92 Å². The zero-order valence-electron chi connectivity index (χ0n) is 11.9. The highest BCUT2D eigenvalue weighted by Gasteiger charge is 2.23. The normalized spacial score (nSPS) is 23.5. The van der Waals surface area contributed by atoms with E-state index in [2.05, 4.69) is 11.8 Å². The summed E-state index contributed by atoms with van der Waals surface area (Å²) < 4.78 is 5.67. The molecule has 1 aliphatic heterocycles. The Labute approximate surface area is 119 Å². The molecule has 110 valence electrons. The second-order valence-electron chi connectivity index (χ2n) is 5.42. The molecule has 1 aliphatic rings. The molecule has 0 aliphatic carbocycles. The standard InChI is InChI=1S/C15H23N3O2/c1-11-6-7-18(10-14(11)19)8-9-20-13-4-2-12(3-5-13)15(16)17/h2-5,11,14,19H,6-10H2,1H3,(H3,16,17). The third kappa shape index (κ3) is 3.95. The van der Waals surface area contributed by atoms with Crippen molar-refractivity contribution in [3.05, 3.63) is 29.8 Å². The summed E-state index contributed by atoms with van der Waals surface area (Å²) in [4.78, 5) is 2.23. The van der Waals surface area contributed by atoms with E-state index in [4.69, 9.17) is 15.9 Å². The molecule has 1 saturated heterocycles. The van der Waals surface area contributed by atoms with Gasteiger partial charge in [0.1, 0.15) is 18.2 Å². The molecule has 0 bridgehead atoms. The predicted molar refractivity (Wildman–Crippen MR) is 79.2 cm³/mol. The topological polar surface area (TPSA) is 82.6 Å². The first-order valence-corrected chi connectivity index (χ1v) is 7.04. The van der Waals surface area contributed by atoms with Crippen LogP contribution in [0.2, 0.25) is 0 Å². The molecule has 2 rings (SSSR count). The lowest BCUT2D eigenvalue weighted by atomic mass is 9.96. The minimum absolute atomic E-state index is 0.0629. The number of benzene rings is 1. The van der Waals surface area contributed by atoms with E-state index in [1.807, 2.05) is 12.1 Å². The van der Waals surface area contributed by atoms with Crippen molar-refractivity contribution in [2.75, 3.05) is 26.2 Å². The van der Waals surface area contributed by atoms with E-state index in [9.17, 15) is 5.11 Å². The largest absolute Gasteiger partial charge is 0.492 e. The summed E-state index contributed by atoms with van der Waals surface area (Å²) in [6.45, 7) is 5.26. The maximum atomic E-state index is 9.83. The van der Waals surface area contributed by atoms with Crippen LogP contribution in [0.4, 0.5) is 0 Å². The third-order valence-electron chi connectivity index (χ3n) is 3.84. The van der Waals surface area contributed by atoms with Gasteiger partial charge < -0.3 is 15.6 Å². The fourth-order valence-corrected chi connectivity index (χ4v) is 2.34. The quantitative estimate of drug-likeness (QED) is 0.555. The highest BCUT2D eigenvalue weighted by Crippen LogP contribution is 2.17. The van der Waals surface area contributed by atoms with E-state index in [0.29, 0.717) is 18.1 Å². The number of rotatable bonds is 5. The molecule has 2 atom stereocenters. The van der Waals surface area contributed by atoms with E-state index in [-0.39, 0.29) is 11.9 Å². The van der Waals surface area contributed by atoms with Crippen LogP contribution in [0.5, 0.6) is 5.75 Å². The van der Waals surface area contributed by atoms with Crippen LogP contribution in [0.1, 0.15) is 18.9 Å². The molecule has 1 aromatic carbocycles. The predicted octanol–water partition coefficient (Wildman–Crippen LogP) is 1.05. The van der Waals surface area contributed by atoms with Gasteiger partial charge in [-0.2, -0.15) is 0 Å². The smallest absolute Gasteiger partial charge is 0.122 e. The maximum Gasteiger partial charge on any atom is 0.122 e. The zero-order chi connectivity index (χ0) is 14.5. The number of ether oxygens (including phenoxy) is 1. The van der Waals surface area contributed by atoms with Crippen molar-refractivity contribution in [2.45, 2.75) is 19.4 Å².